The second-order valence-electron chi connectivity index (χ2n) is 3.82. The Morgan fingerprint density at radius 1 is 1.43 bits per heavy atom. The van der Waals surface area contributed by atoms with E-state index in [9.17, 15) is 4.79 Å². The molecule has 0 saturated heterocycles. The van der Waals surface area contributed by atoms with Gasteiger partial charge in [0, 0.05) is 17.5 Å². The van der Waals surface area contributed by atoms with Gasteiger partial charge < -0.3 is 5.73 Å². The molecule has 3 heteroatoms. The van der Waals surface area contributed by atoms with Crippen LogP contribution in [0.2, 0.25) is 0 Å². The largest absolute Gasteiger partial charge is 0.321 e. The Morgan fingerprint density at radius 2 is 2.07 bits per heavy atom. The third kappa shape index (κ3) is 2.39. The molecule has 0 aromatic carbocycles. The Morgan fingerprint density at radius 3 is 2.50 bits per heavy atom. The molecule has 1 heterocycles. The first kappa shape index (κ1) is 10.9. The Bertz CT molecular complexity index is 317. The number of nitrogens with two attached hydrogens (primary N) is 1. The van der Waals surface area contributed by atoms with Crippen molar-refractivity contribution in [1.82, 2.24) is 4.98 Å². The van der Waals surface area contributed by atoms with Gasteiger partial charge in [0.2, 0.25) is 0 Å². The molecular formula is C11H16N2O. The zero-order valence-corrected chi connectivity index (χ0v) is 8.82. The molecule has 0 radical (unpaired) electrons. The van der Waals surface area contributed by atoms with Crippen LogP contribution in [0, 0.1) is 12.8 Å². The number of ketones is 1. The topological polar surface area (TPSA) is 56.0 Å². The highest BCUT2D eigenvalue weighted by Crippen LogP contribution is 2.08. The maximum atomic E-state index is 11.7. The predicted octanol–water partition coefficient (Wildman–Crippen LogP) is 1.56. The summed E-state index contributed by atoms with van der Waals surface area (Å²) in [7, 11) is 0. The number of carbonyl (C=O) groups is 1. The van der Waals surface area contributed by atoms with E-state index in [2.05, 4.69) is 4.98 Å². The van der Waals surface area contributed by atoms with E-state index >= 15 is 0 Å². The molecule has 14 heavy (non-hydrogen) atoms. The number of pyridine rings is 1. The smallest absolute Gasteiger partial charge is 0.181 e. The van der Waals surface area contributed by atoms with Crippen molar-refractivity contribution < 1.29 is 4.79 Å². The van der Waals surface area contributed by atoms with E-state index in [1.54, 1.807) is 12.3 Å². The van der Waals surface area contributed by atoms with Gasteiger partial charge in [0.25, 0.3) is 0 Å². The SMILES string of the molecule is Cc1ccc(C(=O)C(N)C(C)C)cn1. The van der Waals surface area contributed by atoms with Crippen LogP contribution in [0.5, 0.6) is 0 Å². The molecule has 0 spiro atoms. The van der Waals surface area contributed by atoms with Crippen LogP contribution in [-0.4, -0.2) is 16.8 Å². The highest BCUT2D eigenvalue weighted by atomic mass is 16.1. The first-order chi connectivity index (χ1) is 6.52. The van der Waals surface area contributed by atoms with Crippen molar-refractivity contribution in [2.24, 2.45) is 11.7 Å². The van der Waals surface area contributed by atoms with Crippen molar-refractivity contribution >= 4 is 5.78 Å². The minimum atomic E-state index is -0.431. The lowest BCUT2D eigenvalue weighted by molar-refractivity contribution is 0.0940. The van der Waals surface area contributed by atoms with Gasteiger partial charge in [-0.05, 0) is 25.0 Å². The van der Waals surface area contributed by atoms with Crippen LogP contribution in [0.3, 0.4) is 0 Å². The highest BCUT2D eigenvalue weighted by Gasteiger charge is 2.18. The number of hydrogen-bond acceptors (Lipinski definition) is 3. The van der Waals surface area contributed by atoms with Crippen molar-refractivity contribution in [2.75, 3.05) is 0 Å². The predicted molar refractivity (Wildman–Crippen MR) is 56.1 cm³/mol. The number of aromatic nitrogens is 1. The summed E-state index contributed by atoms with van der Waals surface area (Å²) in [4.78, 5) is 15.8. The van der Waals surface area contributed by atoms with Crippen LogP contribution in [0.4, 0.5) is 0 Å². The van der Waals surface area contributed by atoms with Crippen molar-refractivity contribution in [3.63, 3.8) is 0 Å². The standard InChI is InChI=1S/C11H16N2O/c1-7(2)10(12)11(14)9-5-4-8(3)13-6-9/h4-7,10H,12H2,1-3H3. The summed E-state index contributed by atoms with van der Waals surface area (Å²) in [6, 6.07) is 3.16. The molecule has 0 fully saturated rings. The van der Waals surface area contributed by atoms with Crippen molar-refractivity contribution in [1.29, 1.82) is 0 Å². The van der Waals surface area contributed by atoms with Gasteiger partial charge in [0.05, 0.1) is 6.04 Å². The Kier molecular flexibility index (Phi) is 3.36. The molecule has 1 aromatic heterocycles. The summed E-state index contributed by atoms with van der Waals surface area (Å²) in [5.41, 5.74) is 7.25. The van der Waals surface area contributed by atoms with Gasteiger partial charge in [0.1, 0.15) is 0 Å². The molecule has 76 valence electrons. The number of aryl methyl sites for hydroxylation is 1. The minimum Gasteiger partial charge on any atom is -0.321 e. The third-order valence-electron chi connectivity index (χ3n) is 2.22. The second-order valence-corrected chi connectivity index (χ2v) is 3.82. The maximum absolute atomic E-state index is 11.7. The van der Waals surface area contributed by atoms with Crippen molar-refractivity contribution in [3.8, 4) is 0 Å². The van der Waals surface area contributed by atoms with Crippen LogP contribution < -0.4 is 5.73 Å². The molecule has 0 saturated carbocycles. The van der Waals surface area contributed by atoms with Crippen LogP contribution in [0.15, 0.2) is 18.3 Å². The first-order valence-electron chi connectivity index (χ1n) is 4.75. The van der Waals surface area contributed by atoms with Gasteiger partial charge in [0.15, 0.2) is 5.78 Å². The molecular weight excluding hydrogens is 176 g/mol. The summed E-state index contributed by atoms with van der Waals surface area (Å²) in [6.07, 6.45) is 1.58. The summed E-state index contributed by atoms with van der Waals surface area (Å²) < 4.78 is 0. The fraction of sp³-hybridized carbons (Fsp3) is 0.455. The molecule has 0 aliphatic heterocycles. The number of carbonyl (C=O) groups excluding carboxylic acids is 1. The van der Waals surface area contributed by atoms with E-state index in [-0.39, 0.29) is 11.7 Å². The third-order valence-corrected chi connectivity index (χ3v) is 2.22. The van der Waals surface area contributed by atoms with Gasteiger partial charge in [-0.1, -0.05) is 13.8 Å². The molecule has 1 unspecified atom stereocenters. The number of nitrogens with zero attached hydrogens (tertiary/aromatic N) is 1. The molecule has 3 nitrogen and oxygen atoms in total. The van der Waals surface area contributed by atoms with Crippen LogP contribution in [-0.2, 0) is 0 Å². The van der Waals surface area contributed by atoms with Crippen LogP contribution in [0.1, 0.15) is 29.9 Å². The van der Waals surface area contributed by atoms with Crippen LogP contribution >= 0.6 is 0 Å². The van der Waals surface area contributed by atoms with E-state index in [0.717, 1.165) is 5.69 Å². The molecule has 1 aromatic rings. The van der Waals surface area contributed by atoms with Gasteiger partial charge in [-0.25, -0.2) is 0 Å². The van der Waals surface area contributed by atoms with E-state index in [0.29, 0.717) is 5.56 Å². The van der Waals surface area contributed by atoms with E-state index < -0.39 is 6.04 Å². The fourth-order valence-corrected chi connectivity index (χ4v) is 1.11. The molecule has 1 atom stereocenters. The lowest BCUT2D eigenvalue weighted by Gasteiger charge is -2.13. The maximum Gasteiger partial charge on any atom is 0.181 e. The average molecular weight is 192 g/mol. The van der Waals surface area contributed by atoms with Gasteiger partial charge in [-0.15, -0.1) is 0 Å². The van der Waals surface area contributed by atoms with Gasteiger partial charge in [-0.3, -0.25) is 9.78 Å². The van der Waals surface area contributed by atoms with Crippen LogP contribution in [0.25, 0.3) is 0 Å². The highest BCUT2D eigenvalue weighted by molar-refractivity contribution is 5.99. The molecule has 2 N–H and O–H groups in total. The summed E-state index contributed by atoms with van der Waals surface area (Å²) in [5, 5.41) is 0. The first-order valence-corrected chi connectivity index (χ1v) is 4.75. The van der Waals surface area contributed by atoms with Gasteiger partial charge in [-0.2, -0.15) is 0 Å². The van der Waals surface area contributed by atoms with E-state index in [1.165, 1.54) is 0 Å². The quantitative estimate of drug-likeness (QED) is 0.739. The second kappa shape index (κ2) is 4.33. The van der Waals surface area contributed by atoms with Gasteiger partial charge >= 0.3 is 0 Å². The van der Waals surface area contributed by atoms with E-state index in [1.807, 2.05) is 26.8 Å². The number of hydrogen-bond donors (Lipinski definition) is 1. The molecule has 0 bridgehead atoms. The fourth-order valence-electron chi connectivity index (χ4n) is 1.11. The number of rotatable bonds is 3. The number of Topliss-reactive ketones (excluding diaryl/α,β-unsaturated/α-hetero) is 1. The normalized spacial score (nSPS) is 12.9. The minimum absolute atomic E-state index is 0.0347. The van der Waals surface area contributed by atoms with Crippen molar-refractivity contribution in [2.45, 2.75) is 26.8 Å². The Balaban J connectivity index is 2.84. The van der Waals surface area contributed by atoms with E-state index in [4.69, 9.17) is 5.73 Å². The molecule has 0 aliphatic carbocycles. The average Bonchev–Trinajstić information content (AvgIpc) is 2.16. The molecule has 0 amide bonds. The zero-order chi connectivity index (χ0) is 10.7. The Labute approximate surface area is 84.3 Å². The summed E-state index contributed by atoms with van der Waals surface area (Å²) in [5.74, 6) is 0.122. The lowest BCUT2D eigenvalue weighted by atomic mass is 9.97. The summed E-state index contributed by atoms with van der Waals surface area (Å²) >= 11 is 0. The zero-order valence-electron chi connectivity index (χ0n) is 8.82. The van der Waals surface area contributed by atoms with Crippen molar-refractivity contribution in [3.05, 3.63) is 29.6 Å². The molecule has 1 rings (SSSR count). The molecule has 0 aliphatic rings. The monoisotopic (exact) mass is 192 g/mol. The Hall–Kier alpha value is -1.22. The lowest BCUT2D eigenvalue weighted by Crippen LogP contribution is -2.35. The summed E-state index contributed by atoms with van der Waals surface area (Å²) in [6.45, 7) is 5.75.